The Bertz CT molecular complexity index is 1840. The number of hydrogen-bond donors (Lipinski definition) is 2. The molecule has 5 aliphatic heterocycles. The molecular formula is C33H34F2N6O3. The van der Waals surface area contributed by atoms with Gasteiger partial charge < -0.3 is 24.8 Å². The predicted molar refractivity (Wildman–Crippen MR) is 162 cm³/mol. The zero-order valence-electron chi connectivity index (χ0n) is 24.5. The van der Waals surface area contributed by atoms with Crippen LogP contribution in [-0.4, -0.2) is 87.6 Å². The quantitative estimate of drug-likeness (QED) is 0.347. The third kappa shape index (κ3) is 3.91. The van der Waals surface area contributed by atoms with E-state index in [9.17, 15) is 9.50 Å². The third-order valence-corrected chi connectivity index (χ3v) is 10.6. The molecule has 7 heterocycles. The van der Waals surface area contributed by atoms with E-state index < -0.39 is 17.5 Å². The first kappa shape index (κ1) is 26.6. The first-order valence-electron chi connectivity index (χ1n) is 15.7. The zero-order valence-corrected chi connectivity index (χ0v) is 24.5. The molecule has 9 rings (SSSR count). The monoisotopic (exact) mass is 600 g/mol. The van der Waals surface area contributed by atoms with Gasteiger partial charge in [0.15, 0.2) is 5.82 Å². The molecule has 0 spiro atoms. The molecular weight excluding hydrogens is 566 g/mol. The highest BCUT2D eigenvalue weighted by atomic mass is 19.1. The van der Waals surface area contributed by atoms with Gasteiger partial charge in [-0.3, -0.25) is 4.90 Å². The molecule has 0 amide bonds. The Kier molecular flexibility index (Phi) is 5.79. The fraction of sp³-hybridized carbons (Fsp3) is 0.485. The molecule has 4 aromatic rings. The molecule has 4 fully saturated rings. The summed E-state index contributed by atoms with van der Waals surface area (Å²) < 4.78 is 44.1. The molecule has 0 aliphatic carbocycles. The Hall–Kier alpha value is -3.83. The van der Waals surface area contributed by atoms with Crippen molar-refractivity contribution in [3.05, 3.63) is 41.7 Å². The Morgan fingerprint density at radius 3 is 2.98 bits per heavy atom. The lowest BCUT2D eigenvalue weighted by molar-refractivity contribution is 0.107. The number of piperazine rings is 1. The summed E-state index contributed by atoms with van der Waals surface area (Å²) in [6.45, 7) is 4.53. The number of nitrogens with one attached hydrogen (secondary N) is 1. The fourth-order valence-corrected chi connectivity index (χ4v) is 8.59. The average Bonchev–Trinajstić information content (AvgIpc) is 3.64. The van der Waals surface area contributed by atoms with Crippen LogP contribution < -0.4 is 19.7 Å². The number of benzene rings is 2. The number of phenolic OH excluding ortho intramolecular Hbond substituents is 1. The molecule has 0 saturated carbocycles. The molecule has 2 N–H and O–H groups in total. The molecule has 9 nitrogen and oxygen atoms in total. The maximum atomic E-state index is 16.9. The topological polar surface area (TPSA) is 95.9 Å². The minimum atomic E-state index is -0.885. The Morgan fingerprint density at radius 1 is 1.16 bits per heavy atom. The van der Waals surface area contributed by atoms with Crippen molar-refractivity contribution in [1.29, 1.82) is 0 Å². The SMILES string of the molecule is Cc1cccc2cc(O)cc(-c3nc4c5c(nc(OCC67CCCN6C[C@H](F)C7)nc5c3F)N3CC5CCC(N5)[C@H]3CO4)c12. The Labute approximate surface area is 253 Å². The maximum Gasteiger partial charge on any atom is 0.319 e. The maximum absolute atomic E-state index is 16.9. The van der Waals surface area contributed by atoms with E-state index in [0.717, 1.165) is 48.6 Å². The predicted octanol–water partition coefficient (Wildman–Crippen LogP) is 4.65. The number of ether oxygens (including phenoxy) is 2. The Balaban J connectivity index is 1.23. The van der Waals surface area contributed by atoms with Crippen LogP contribution in [0.4, 0.5) is 14.6 Å². The smallest absolute Gasteiger partial charge is 0.319 e. The lowest BCUT2D eigenvalue weighted by Crippen LogP contribution is -2.60. The van der Waals surface area contributed by atoms with Crippen molar-refractivity contribution in [3.63, 3.8) is 0 Å². The van der Waals surface area contributed by atoms with Gasteiger partial charge >= 0.3 is 6.01 Å². The van der Waals surface area contributed by atoms with E-state index in [1.165, 1.54) is 0 Å². The van der Waals surface area contributed by atoms with E-state index >= 15 is 4.39 Å². The number of rotatable bonds is 4. The number of aryl methyl sites for hydroxylation is 1. The van der Waals surface area contributed by atoms with Crippen LogP contribution in [0.2, 0.25) is 0 Å². The van der Waals surface area contributed by atoms with Crippen molar-refractivity contribution in [2.75, 3.05) is 37.7 Å². The largest absolute Gasteiger partial charge is 0.508 e. The zero-order chi connectivity index (χ0) is 29.7. The second-order valence-electron chi connectivity index (χ2n) is 13.2. The van der Waals surface area contributed by atoms with Crippen molar-refractivity contribution < 1.29 is 23.4 Å². The molecule has 11 heteroatoms. The molecule has 44 heavy (non-hydrogen) atoms. The number of nitrogens with zero attached hydrogens (tertiary/aromatic N) is 5. The standard InChI is InChI=1S/C33H34F2N6O3/c1-17-4-2-5-18-10-21(42)11-22(25(17)18)28-27(35)29-26-30(41-14-20-6-7-23(36-20)24(41)15-43-31(26)37-28)39-32(38-29)44-16-33-8-3-9-40(33)13-19(34)12-33/h2,4-5,10-11,19-20,23-24,36,42H,3,6-9,12-16H2,1H3/t19-,20?,23?,24-,33?/m1/s1. The van der Waals surface area contributed by atoms with Crippen LogP contribution >= 0.6 is 0 Å². The molecule has 3 unspecified atom stereocenters. The van der Waals surface area contributed by atoms with Gasteiger partial charge in [0.25, 0.3) is 0 Å². The summed E-state index contributed by atoms with van der Waals surface area (Å²) in [6, 6.07) is 9.53. The summed E-state index contributed by atoms with van der Waals surface area (Å²) in [5.74, 6) is 0.218. The third-order valence-electron chi connectivity index (χ3n) is 10.6. The summed E-state index contributed by atoms with van der Waals surface area (Å²) in [6.07, 6.45) is 3.45. The van der Waals surface area contributed by atoms with Gasteiger partial charge in [0.2, 0.25) is 5.88 Å². The van der Waals surface area contributed by atoms with Crippen molar-refractivity contribution in [2.45, 2.75) is 68.9 Å². The molecule has 2 bridgehead atoms. The summed E-state index contributed by atoms with van der Waals surface area (Å²) in [7, 11) is 0. The van der Waals surface area contributed by atoms with Crippen LogP contribution in [0.25, 0.3) is 32.9 Å². The number of aromatic nitrogens is 3. The minimum absolute atomic E-state index is 0.0147. The fourth-order valence-electron chi connectivity index (χ4n) is 8.59. The van der Waals surface area contributed by atoms with Gasteiger partial charge in [0.05, 0.1) is 11.6 Å². The van der Waals surface area contributed by atoms with Gasteiger partial charge in [0, 0.05) is 37.2 Å². The van der Waals surface area contributed by atoms with Gasteiger partial charge in [-0.15, -0.1) is 0 Å². The number of alkyl halides is 1. The summed E-state index contributed by atoms with van der Waals surface area (Å²) in [5, 5.41) is 16.3. The molecule has 2 aromatic heterocycles. The Morgan fingerprint density at radius 2 is 2.07 bits per heavy atom. The molecule has 2 aromatic carbocycles. The highest BCUT2D eigenvalue weighted by Gasteiger charge is 2.50. The van der Waals surface area contributed by atoms with Gasteiger partial charge in [-0.25, -0.2) is 13.8 Å². The lowest BCUT2D eigenvalue weighted by atomic mass is 9.95. The molecule has 5 atom stereocenters. The van der Waals surface area contributed by atoms with Crippen LogP contribution in [0, 0.1) is 12.7 Å². The molecule has 4 saturated heterocycles. The van der Waals surface area contributed by atoms with E-state index in [-0.39, 0.29) is 47.5 Å². The summed E-state index contributed by atoms with van der Waals surface area (Å²) in [4.78, 5) is 18.8. The van der Waals surface area contributed by atoms with E-state index in [4.69, 9.17) is 19.4 Å². The van der Waals surface area contributed by atoms with Crippen LogP contribution in [0.5, 0.6) is 17.6 Å². The average molecular weight is 601 g/mol. The minimum Gasteiger partial charge on any atom is -0.508 e. The van der Waals surface area contributed by atoms with E-state index in [2.05, 4.69) is 20.1 Å². The number of fused-ring (bicyclic) bond motifs is 7. The number of halogens is 2. The van der Waals surface area contributed by atoms with E-state index in [0.29, 0.717) is 48.9 Å². The molecule has 5 aliphatic rings. The normalized spacial score (nSPS) is 29.1. The van der Waals surface area contributed by atoms with E-state index in [1.54, 1.807) is 12.1 Å². The van der Waals surface area contributed by atoms with E-state index in [1.807, 2.05) is 25.1 Å². The van der Waals surface area contributed by atoms with Crippen molar-refractivity contribution in [1.82, 2.24) is 25.2 Å². The highest BCUT2D eigenvalue weighted by molar-refractivity contribution is 6.03. The van der Waals surface area contributed by atoms with Crippen molar-refractivity contribution in [2.24, 2.45) is 0 Å². The van der Waals surface area contributed by atoms with Gasteiger partial charge in [0.1, 0.15) is 47.5 Å². The highest BCUT2D eigenvalue weighted by Crippen LogP contribution is 2.45. The van der Waals surface area contributed by atoms with Crippen LogP contribution in [0.1, 0.15) is 37.7 Å². The second kappa shape index (κ2) is 9.58. The van der Waals surface area contributed by atoms with Crippen molar-refractivity contribution >= 4 is 27.5 Å². The first-order valence-corrected chi connectivity index (χ1v) is 15.7. The second-order valence-corrected chi connectivity index (χ2v) is 13.2. The first-order chi connectivity index (χ1) is 21.4. The number of anilines is 1. The molecule has 0 radical (unpaired) electrons. The lowest BCUT2D eigenvalue weighted by Gasteiger charge is -2.40. The number of hydrogen-bond acceptors (Lipinski definition) is 9. The van der Waals surface area contributed by atoms with Crippen molar-refractivity contribution in [3.8, 4) is 28.9 Å². The van der Waals surface area contributed by atoms with Crippen LogP contribution in [0.3, 0.4) is 0 Å². The summed E-state index contributed by atoms with van der Waals surface area (Å²) in [5.41, 5.74) is 1.12. The summed E-state index contributed by atoms with van der Waals surface area (Å²) >= 11 is 0. The van der Waals surface area contributed by atoms with Crippen LogP contribution in [0.15, 0.2) is 30.3 Å². The van der Waals surface area contributed by atoms with Gasteiger partial charge in [-0.1, -0.05) is 18.2 Å². The van der Waals surface area contributed by atoms with Gasteiger partial charge in [-0.05, 0) is 67.6 Å². The number of aromatic hydroxyl groups is 1. The van der Waals surface area contributed by atoms with Crippen LogP contribution in [-0.2, 0) is 0 Å². The number of phenols is 1. The van der Waals surface area contributed by atoms with Gasteiger partial charge in [-0.2, -0.15) is 9.97 Å². The molecule has 228 valence electrons. The number of pyridine rings is 1.